The molecule has 0 bridgehead atoms. The number of nitrogens with zero attached hydrogens (tertiary/aromatic N) is 2. The van der Waals surface area contributed by atoms with E-state index < -0.39 is 0 Å². The zero-order valence-corrected chi connectivity index (χ0v) is 16.8. The molecule has 0 amide bonds. The number of rotatable bonds is 5. The van der Waals surface area contributed by atoms with Crippen LogP contribution in [0.5, 0.6) is 0 Å². The van der Waals surface area contributed by atoms with E-state index in [1.165, 1.54) is 6.42 Å². The lowest BCUT2D eigenvalue weighted by Gasteiger charge is -2.33. The van der Waals surface area contributed by atoms with Gasteiger partial charge in [-0.3, -0.25) is 4.79 Å². The van der Waals surface area contributed by atoms with Gasteiger partial charge in [-0.05, 0) is 24.8 Å². The highest BCUT2D eigenvalue weighted by Gasteiger charge is 2.34. The second-order valence-electron chi connectivity index (χ2n) is 8.04. The predicted octanol–water partition coefficient (Wildman–Crippen LogP) is 4.33. The van der Waals surface area contributed by atoms with Crippen molar-refractivity contribution in [1.82, 2.24) is 5.16 Å². The van der Waals surface area contributed by atoms with Crippen LogP contribution in [-0.4, -0.2) is 44.3 Å². The molecule has 1 unspecified atom stereocenters. The van der Waals surface area contributed by atoms with Crippen LogP contribution in [-0.2, 0) is 4.74 Å². The Morgan fingerprint density at radius 1 is 1.31 bits per heavy atom. The fraction of sp³-hybridized carbons (Fsp3) is 0.391. The first kappa shape index (κ1) is 18.2. The minimum atomic E-state index is 0.0137. The Morgan fingerprint density at radius 2 is 2.14 bits per heavy atom. The normalized spacial score (nSPS) is 18.2. The van der Waals surface area contributed by atoms with Gasteiger partial charge in [-0.25, -0.2) is 0 Å². The van der Waals surface area contributed by atoms with Crippen LogP contribution in [0.3, 0.4) is 0 Å². The number of methoxy groups -OCH3 is 1. The molecule has 29 heavy (non-hydrogen) atoms. The molecule has 2 aromatic carbocycles. The van der Waals surface area contributed by atoms with Gasteiger partial charge in [0.05, 0.1) is 23.2 Å². The summed E-state index contributed by atoms with van der Waals surface area (Å²) in [5, 5.41) is 8.68. The first-order chi connectivity index (χ1) is 14.2. The largest absolute Gasteiger partial charge is 0.383 e. The van der Waals surface area contributed by atoms with Gasteiger partial charge >= 0.3 is 0 Å². The molecule has 3 aromatic rings. The predicted molar refractivity (Wildman–Crippen MR) is 114 cm³/mol. The summed E-state index contributed by atoms with van der Waals surface area (Å²) < 4.78 is 11.0. The van der Waals surface area contributed by atoms with Crippen molar-refractivity contribution in [1.29, 1.82) is 0 Å². The molecule has 0 saturated carbocycles. The van der Waals surface area contributed by atoms with Gasteiger partial charge in [0.25, 0.3) is 0 Å². The molecule has 2 heterocycles. The van der Waals surface area contributed by atoms with Crippen LogP contribution in [0.2, 0.25) is 0 Å². The van der Waals surface area contributed by atoms with Gasteiger partial charge in [0, 0.05) is 43.6 Å². The third-order valence-corrected chi connectivity index (χ3v) is 6.00. The second-order valence-corrected chi connectivity index (χ2v) is 8.04. The van der Waals surface area contributed by atoms with Crippen molar-refractivity contribution in [2.45, 2.75) is 19.8 Å². The fourth-order valence-electron chi connectivity index (χ4n) is 4.62. The van der Waals surface area contributed by atoms with Gasteiger partial charge in [-0.1, -0.05) is 36.3 Å². The van der Waals surface area contributed by atoms with Crippen molar-refractivity contribution >= 4 is 28.1 Å². The van der Waals surface area contributed by atoms with Crippen molar-refractivity contribution in [3.63, 3.8) is 0 Å². The summed E-state index contributed by atoms with van der Waals surface area (Å²) in [7, 11) is 1.68. The van der Waals surface area contributed by atoms with Crippen molar-refractivity contribution in [3.05, 3.63) is 41.5 Å². The number of fused-ring (bicyclic) bond motifs is 2. The van der Waals surface area contributed by atoms with E-state index in [0.29, 0.717) is 36.0 Å². The van der Waals surface area contributed by atoms with Gasteiger partial charge in [0.2, 0.25) is 0 Å². The van der Waals surface area contributed by atoms with Crippen molar-refractivity contribution in [3.8, 4) is 11.3 Å². The van der Waals surface area contributed by atoms with Gasteiger partial charge in [0.15, 0.2) is 11.5 Å². The lowest BCUT2D eigenvalue weighted by molar-refractivity contribution is 0.104. The summed E-state index contributed by atoms with van der Waals surface area (Å²) in [4.78, 5) is 15.8. The molecule has 2 aliphatic rings. The molecular formula is C23H25N3O3. The third kappa shape index (κ3) is 2.90. The van der Waals surface area contributed by atoms with Gasteiger partial charge in [0.1, 0.15) is 5.52 Å². The summed E-state index contributed by atoms with van der Waals surface area (Å²) >= 11 is 0. The number of nitrogens with one attached hydrogen (secondary N) is 1. The number of benzene rings is 2. The van der Waals surface area contributed by atoms with Crippen LogP contribution < -0.4 is 10.2 Å². The lowest BCUT2D eigenvalue weighted by Crippen LogP contribution is -2.34. The van der Waals surface area contributed by atoms with Crippen molar-refractivity contribution in [2.24, 2.45) is 5.92 Å². The zero-order valence-electron chi connectivity index (χ0n) is 16.8. The SMILES string of the molecule is COCCNc1cc(N2CCCC(C)C2)c2noc3c2c1C(=O)c1ccccc1-3. The molecule has 150 valence electrons. The summed E-state index contributed by atoms with van der Waals surface area (Å²) in [6, 6.07) is 9.68. The van der Waals surface area contributed by atoms with Gasteiger partial charge in [-0.2, -0.15) is 0 Å². The van der Waals surface area contributed by atoms with E-state index >= 15 is 0 Å². The van der Waals surface area contributed by atoms with Crippen LogP contribution in [0.15, 0.2) is 34.9 Å². The molecule has 6 nitrogen and oxygen atoms in total. The van der Waals surface area contributed by atoms with E-state index in [0.717, 1.165) is 47.4 Å². The van der Waals surface area contributed by atoms with E-state index in [2.05, 4.69) is 28.4 Å². The Labute approximate surface area is 169 Å². The van der Waals surface area contributed by atoms with Crippen molar-refractivity contribution in [2.75, 3.05) is 43.6 Å². The number of hydrogen-bond donors (Lipinski definition) is 1. The van der Waals surface area contributed by atoms with Crippen LogP contribution in [0.25, 0.3) is 22.2 Å². The third-order valence-electron chi connectivity index (χ3n) is 6.00. The topological polar surface area (TPSA) is 67.6 Å². The number of anilines is 2. The van der Waals surface area contributed by atoms with Gasteiger partial charge in [-0.15, -0.1) is 0 Å². The van der Waals surface area contributed by atoms with E-state index in [1.807, 2.05) is 24.3 Å². The Bertz CT molecular complexity index is 1090. The van der Waals surface area contributed by atoms with Crippen molar-refractivity contribution < 1.29 is 14.1 Å². The number of ether oxygens (including phenoxy) is 1. The summed E-state index contributed by atoms with van der Waals surface area (Å²) in [5.74, 6) is 1.33. The lowest BCUT2D eigenvalue weighted by atomic mass is 9.86. The zero-order chi connectivity index (χ0) is 20.0. The van der Waals surface area contributed by atoms with Crippen LogP contribution in [0.4, 0.5) is 11.4 Å². The number of carbonyl (C=O) groups is 1. The minimum absolute atomic E-state index is 0.0137. The minimum Gasteiger partial charge on any atom is -0.383 e. The molecule has 0 radical (unpaired) electrons. The van der Waals surface area contributed by atoms with E-state index in [9.17, 15) is 4.79 Å². The smallest absolute Gasteiger partial charge is 0.196 e. The molecule has 1 aliphatic heterocycles. The molecule has 6 heteroatoms. The summed E-state index contributed by atoms with van der Waals surface area (Å²) in [5.41, 5.74) is 4.78. The second kappa shape index (κ2) is 7.19. The number of aromatic nitrogens is 1. The Morgan fingerprint density at radius 3 is 2.93 bits per heavy atom. The van der Waals surface area contributed by atoms with E-state index in [-0.39, 0.29) is 5.78 Å². The Hall–Kier alpha value is -2.86. The monoisotopic (exact) mass is 391 g/mol. The highest BCUT2D eigenvalue weighted by Crippen LogP contribution is 2.46. The molecular weight excluding hydrogens is 366 g/mol. The highest BCUT2D eigenvalue weighted by atomic mass is 16.5. The number of carbonyl (C=O) groups excluding carboxylic acids is 1. The number of piperidine rings is 1. The maximum absolute atomic E-state index is 13.4. The molecule has 5 rings (SSSR count). The average Bonchev–Trinajstić information content (AvgIpc) is 3.17. The molecule has 1 aromatic heterocycles. The highest BCUT2D eigenvalue weighted by molar-refractivity contribution is 6.28. The standard InChI is InChI=1S/C23H25N3O3/c1-14-6-5-10-26(13-14)18-12-17(24-9-11-28-2)19-20-21(18)25-29-23(20)16-8-4-3-7-15(16)22(19)27/h3-4,7-8,12,14,24H,5-6,9-11,13H2,1-2H3. The average molecular weight is 391 g/mol. The summed E-state index contributed by atoms with van der Waals surface area (Å²) in [6.07, 6.45) is 2.40. The molecule has 1 N–H and O–H groups in total. The van der Waals surface area contributed by atoms with Crippen LogP contribution in [0.1, 0.15) is 35.7 Å². The van der Waals surface area contributed by atoms with Gasteiger partial charge < -0.3 is 19.5 Å². The van der Waals surface area contributed by atoms with Crippen LogP contribution >= 0.6 is 0 Å². The van der Waals surface area contributed by atoms with Crippen LogP contribution in [0, 0.1) is 5.92 Å². The van der Waals surface area contributed by atoms with E-state index in [4.69, 9.17) is 9.26 Å². The molecule has 1 atom stereocenters. The number of hydrogen-bond acceptors (Lipinski definition) is 6. The Balaban J connectivity index is 1.73. The molecule has 1 fully saturated rings. The molecule has 1 aliphatic carbocycles. The fourth-order valence-corrected chi connectivity index (χ4v) is 4.62. The maximum atomic E-state index is 13.4. The summed E-state index contributed by atoms with van der Waals surface area (Å²) in [6.45, 7) is 5.45. The Kier molecular flexibility index (Phi) is 4.51. The first-order valence-corrected chi connectivity index (χ1v) is 10.3. The quantitative estimate of drug-likeness (QED) is 0.511. The molecule has 1 saturated heterocycles. The van der Waals surface area contributed by atoms with E-state index in [1.54, 1.807) is 7.11 Å². The maximum Gasteiger partial charge on any atom is 0.196 e. The number of ketones is 1. The molecule has 0 spiro atoms. The first-order valence-electron chi connectivity index (χ1n) is 10.3.